The predicted octanol–water partition coefficient (Wildman–Crippen LogP) is 4.23. The second-order valence-electron chi connectivity index (χ2n) is 4.95. The van der Waals surface area contributed by atoms with Gasteiger partial charge in [-0.05, 0) is 37.5 Å². The Hall–Kier alpha value is -1.03. The normalized spacial score (nSPS) is 24.1. The third kappa shape index (κ3) is 2.96. The molecule has 0 N–H and O–H groups in total. The predicted molar refractivity (Wildman–Crippen MR) is 64.2 cm³/mol. The first-order valence-electron chi connectivity index (χ1n) is 5.78. The van der Waals surface area contributed by atoms with Crippen molar-refractivity contribution in [1.82, 2.24) is 0 Å². The highest BCUT2D eigenvalue weighted by Crippen LogP contribution is 2.44. The van der Waals surface area contributed by atoms with Gasteiger partial charge in [-0.25, -0.2) is 0 Å². The number of hydrogen-bond donors (Lipinski definition) is 0. The van der Waals surface area contributed by atoms with E-state index in [2.05, 4.69) is 45.1 Å². The Morgan fingerprint density at radius 3 is 2.80 bits per heavy atom. The minimum absolute atomic E-state index is 0.361. The molecule has 0 aromatic carbocycles. The molecule has 0 unspecified atom stereocenters. The first-order chi connectivity index (χ1) is 7.09. The summed E-state index contributed by atoms with van der Waals surface area (Å²) in [5.41, 5.74) is 1.89. The topological polar surface area (TPSA) is 23.8 Å². The van der Waals surface area contributed by atoms with Crippen LogP contribution >= 0.6 is 0 Å². The molecule has 15 heavy (non-hydrogen) atoms. The number of nitriles is 1. The van der Waals surface area contributed by atoms with Crippen molar-refractivity contribution >= 4 is 0 Å². The Kier molecular flexibility index (Phi) is 4.15. The fourth-order valence-corrected chi connectivity index (χ4v) is 2.12. The highest BCUT2D eigenvalue weighted by molar-refractivity contribution is 5.18. The van der Waals surface area contributed by atoms with Crippen molar-refractivity contribution < 1.29 is 0 Å². The highest BCUT2D eigenvalue weighted by atomic mass is 14.4. The van der Waals surface area contributed by atoms with Gasteiger partial charge in [-0.3, -0.25) is 0 Å². The summed E-state index contributed by atoms with van der Waals surface area (Å²) < 4.78 is 0. The Labute approximate surface area is 93.5 Å². The van der Waals surface area contributed by atoms with Gasteiger partial charge in [-0.15, -0.1) is 0 Å². The van der Waals surface area contributed by atoms with Gasteiger partial charge in [0.25, 0.3) is 0 Å². The van der Waals surface area contributed by atoms with Crippen LogP contribution in [-0.4, -0.2) is 0 Å². The number of rotatable bonds is 4. The number of unbranched alkanes of at least 4 members (excludes halogenated alkanes) is 1. The molecule has 0 heterocycles. The van der Waals surface area contributed by atoms with Gasteiger partial charge in [0.15, 0.2) is 0 Å². The molecule has 1 atom stereocenters. The van der Waals surface area contributed by atoms with Gasteiger partial charge in [-0.2, -0.15) is 5.26 Å². The molecule has 0 amide bonds. The zero-order chi connectivity index (χ0) is 11.3. The summed E-state index contributed by atoms with van der Waals surface area (Å²) >= 11 is 0. The Morgan fingerprint density at radius 1 is 1.53 bits per heavy atom. The molecule has 0 radical (unpaired) electrons. The summed E-state index contributed by atoms with van der Waals surface area (Å²) in [5.74, 6) is 0.746. The fourth-order valence-electron chi connectivity index (χ4n) is 2.12. The lowest BCUT2D eigenvalue weighted by Crippen LogP contribution is -2.19. The van der Waals surface area contributed by atoms with Crippen LogP contribution in [0.1, 0.15) is 46.5 Å². The van der Waals surface area contributed by atoms with E-state index in [0.29, 0.717) is 11.8 Å². The first kappa shape index (κ1) is 12.0. The van der Waals surface area contributed by atoms with E-state index in [1.807, 2.05) is 0 Å². The molecule has 1 aliphatic carbocycles. The van der Waals surface area contributed by atoms with Gasteiger partial charge in [-0.1, -0.05) is 37.6 Å². The largest absolute Gasteiger partial charge is 0.198 e. The van der Waals surface area contributed by atoms with Crippen molar-refractivity contribution in [3.8, 4) is 6.07 Å². The summed E-state index contributed by atoms with van der Waals surface area (Å²) in [6, 6.07) is 2.16. The second-order valence-corrected chi connectivity index (χ2v) is 4.95. The third-order valence-corrected chi connectivity index (χ3v) is 3.76. The molecule has 1 rings (SSSR count). The minimum Gasteiger partial charge on any atom is -0.198 e. The average molecular weight is 203 g/mol. The Balaban J connectivity index is 2.36. The van der Waals surface area contributed by atoms with E-state index >= 15 is 0 Å². The van der Waals surface area contributed by atoms with Crippen molar-refractivity contribution in [1.29, 1.82) is 5.26 Å². The summed E-state index contributed by atoms with van der Waals surface area (Å²) in [7, 11) is 0. The number of hydrogen-bond acceptors (Lipinski definition) is 1. The van der Waals surface area contributed by atoms with Crippen molar-refractivity contribution in [2.75, 3.05) is 0 Å². The standard InChI is InChI=1S/C14H21N/c1-12-9-10-13(14(12,2)3)8-6-4-5-7-11-15/h4,6,9,13H,5,7-8,10H2,1-3H3/t13-/m1/s1. The zero-order valence-corrected chi connectivity index (χ0v) is 10.1. The summed E-state index contributed by atoms with van der Waals surface area (Å²) in [4.78, 5) is 0. The zero-order valence-electron chi connectivity index (χ0n) is 10.1. The van der Waals surface area contributed by atoms with Crippen LogP contribution in [0.4, 0.5) is 0 Å². The second kappa shape index (κ2) is 5.16. The molecule has 0 fully saturated rings. The molecule has 0 aliphatic heterocycles. The molecule has 0 saturated carbocycles. The lowest BCUT2D eigenvalue weighted by Gasteiger charge is -2.28. The molecule has 1 aliphatic rings. The molecule has 1 nitrogen and oxygen atoms in total. The molecular weight excluding hydrogens is 182 g/mol. The number of nitrogens with zero attached hydrogens (tertiary/aromatic N) is 1. The molecule has 0 spiro atoms. The van der Waals surface area contributed by atoms with Crippen molar-refractivity contribution in [3.05, 3.63) is 23.8 Å². The van der Waals surface area contributed by atoms with E-state index in [1.54, 1.807) is 0 Å². The van der Waals surface area contributed by atoms with Gasteiger partial charge >= 0.3 is 0 Å². The fraction of sp³-hybridized carbons (Fsp3) is 0.643. The van der Waals surface area contributed by atoms with Crippen LogP contribution in [0.15, 0.2) is 23.8 Å². The first-order valence-corrected chi connectivity index (χ1v) is 5.78. The number of allylic oxidation sites excluding steroid dienone is 4. The maximum absolute atomic E-state index is 8.40. The molecule has 0 bridgehead atoms. The van der Waals surface area contributed by atoms with E-state index in [-0.39, 0.29) is 0 Å². The molecule has 1 heteroatoms. The van der Waals surface area contributed by atoms with Gasteiger partial charge in [0.2, 0.25) is 0 Å². The van der Waals surface area contributed by atoms with Gasteiger partial charge in [0.05, 0.1) is 6.07 Å². The van der Waals surface area contributed by atoms with E-state index in [4.69, 9.17) is 5.26 Å². The van der Waals surface area contributed by atoms with E-state index < -0.39 is 0 Å². The van der Waals surface area contributed by atoms with Crippen LogP contribution in [0.2, 0.25) is 0 Å². The van der Waals surface area contributed by atoms with E-state index in [0.717, 1.165) is 18.8 Å². The summed E-state index contributed by atoms with van der Waals surface area (Å²) in [6.07, 6.45) is 10.7. The lowest BCUT2D eigenvalue weighted by molar-refractivity contribution is 0.294. The molecular formula is C14H21N. The van der Waals surface area contributed by atoms with Crippen LogP contribution in [0.5, 0.6) is 0 Å². The highest BCUT2D eigenvalue weighted by Gasteiger charge is 2.33. The summed E-state index contributed by atoms with van der Waals surface area (Å²) in [6.45, 7) is 6.90. The smallest absolute Gasteiger partial charge is 0.0624 e. The Bertz CT molecular complexity index is 302. The maximum Gasteiger partial charge on any atom is 0.0624 e. The maximum atomic E-state index is 8.40. The lowest BCUT2D eigenvalue weighted by atomic mass is 9.76. The summed E-state index contributed by atoms with van der Waals surface area (Å²) in [5, 5.41) is 8.40. The van der Waals surface area contributed by atoms with Crippen LogP contribution in [0.3, 0.4) is 0 Å². The molecule has 82 valence electrons. The van der Waals surface area contributed by atoms with Crippen LogP contribution < -0.4 is 0 Å². The van der Waals surface area contributed by atoms with Gasteiger partial charge in [0, 0.05) is 6.42 Å². The van der Waals surface area contributed by atoms with Crippen molar-refractivity contribution in [2.45, 2.75) is 46.5 Å². The monoisotopic (exact) mass is 203 g/mol. The molecule has 0 aromatic rings. The van der Waals surface area contributed by atoms with Crippen molar-refractivity contribution in [3.63, 3.8) is 0 Å². The van der Waals surface area contributed by atoms with Crippen LogP contribution in [0, 0.1) is 22.7 Å². The molecule has 0 aromatic heterocycles. The minimum atomic E-state index is 0.361. The Morgan fingerprint density at radius 2 is 2.27 bits per heavy atom. The third-order valence-electron chi connectivity index (χ3n) is 3.76. The van der Waals surface area contributed by atoms with E-state index in [9.17, 15) is 0 Å². The SMILES string of the molecule is CC1=CC[C@@H](CC=CCCC#N)C1(C)C. The van der Waals surface area contributed by atoms with Gasteiger partial charge < -0.3 is 0 Å². The van der Waals surface area contributed by atoms with Crippen LogP contribution in [-0.2, 0) is 0 Å². The van der Waals surface area contributed by atoms with Crippen LogP contribution in [0.25, 0.3) is 0 Å². The van der Waals surface area contributed by atoms with E-state index in [1.165, 1.54) is 12.0 Å². The average Bonchev–Trinajstić information content (AvgIpc) is 2.44. The van der Waals surface area contributed by atoms with Crippen molar-refractivity contribution in [2.24, 2.45) is 11.3 Å². The quantitative estimate of drug-likeness (QED) is 0.495. The molecule has 0 saturated heterocycles. The van der Waals surface area contributed by atoms with Gasteiger partial charge in [0.1, 0.15) is 0 Å².